The summed E-state index contributed by atoms with van der Waals surface area (Å²) in [6.45, 7) is 6.59. The van der Waals surface area contributed by atoms with E-state index in [0.29, 0.717) is 19.5 Å². The average molecular weight is 371 g/mol. The molecule has 0 spiro atoms. The molecule has 1 heterocycles. The molecule has 1 amide bonds. The number of carbonyl (C=O) groups excluding carboxylic acids is 1. The summed E-state index contributed by atoms with van der Waals surface area (Å²) >= 11 is 0. The van der Waals surface area contributed by atoms with Crippen molar-refractivity contribution in [3.8, 4) is 0 Å². The maximum absolute atomic E-state index is 13.0. The molecule has 0 radical (unpaired) electrons. The maximum Gasteiger partial charge on any atom is 0.241 e. The summed E-state index contributed by atoms with van der Waals surface area (Å²) in [4.78, 5) is 16.6. The zero-order valence-corrected chi connectivity index (χ0v) is 15.7. The van der Waals surface area contributed by atoms with Crippen LogP contribution in [0.2, 0.25) is 0 Å². The lowest BCUT2D eigenvalue weighted by Crippen LogP contribution is -2.54. The second-order valence-electron chi connectivity index (χ2n) is 6.89. The second-order valence-corrected chi connectivity index (χ2v) is 8.60. The maximum atomic E-state index is 13.0. The number of carbonyl (C=O) groups is 1. The fraction of sp³-hybridized carbons (Fsp3) is 0.588. The number of piperazine rings is 1. The van der Waals surface area contributed by atoms with E-state index in [1.54, 1.807) is 4.90 Å². The molecule has 140 valence electrons. The van der Waals surface area contributed by atoms with Crippen molar-refractivity contribution in [1.29, 1.82) is 0 Å². The van der Waals surface area contributed by atoms with Crippen molar-refractivity contribution < 1.29 is 17.6 Å². The standard InChI is InChI=1S/C17H26FN3O3S/c1-13(2)12-16(17(22)21-10-8-20(3)9-11-21)19-25(23,24)15-6-4-14(18)5-7-15/h4-7,13,16,19H,8-12H2,1-3H3/t16-/m1/s1. The highest BCUT2D eigenvalue weighted by Crippen LogP contribution is 2.15. The molecule has 6 nitrogen and oxygen atoms in total. The van der Waals surface area contributed by atoms with Crippen LogP contribution in [0.4, 0.5) is 4.39 Å². The van der Waals surface area contributed by atoms with Gasteiger partial charge in [-0.3, -0.25) is 4.79 Å². The highest BCUT2D eigenvalue weighted by molar-refractivity contribution is 7.89. The summed E-state index contributed by atoms with van der Waals surface area (Å²) in [5.74, 6) is -0.559. The molecule has 1 aliphatic heterocycles. The van der Waals surface area contributed by atoms with Gasteiger partial charge in [-0.25, -0.2) is 12.8 Å². The van der Waals surface area contributed by atoms with Crippen LogP contribution in [0, 0.1) is 11.7 Å². The molecule has 1 saturated heterocycles. The van der Waals surface area contributed by atoms with Crippen molar-refractivity contribution in [2.24, 2.45) is 5.92 Å². The molecular weight excluding hydrogens is 345 g/mol. The van der Waals surface area contributed by atoms with Gasteiger partial charge in [-0.05, 0) is 43.7 Å². The Morgan fingerprint density at radius 2 is 1.72 bits per heavy atom. The van der Waals surface area contributed by atoms with Gasteiger partial charge in [-0.2, -0.15) is 4.72 Å². The zero-order valence-electron chi connectivity index (χ0n) is 14.9. The number of amides is 1. The lowest BCUT2D eigenvalue weighted by molar-refractivity contribution is -0.135. The van der Waals surface area contributed by atoms with E-state index in [-0.39, 0.29) is 16.7 Å². The number of nitrogens with one attached hydrogen (secondary N) is 1. The van der Waals surface area contributed by atoms with Crippen LogP contribution in [0.25, 0.3) is 0 Å². The molecule has 1 aromatic carbocycles. The van der Waals surface area contributed by atoms with Crippen LogP contribution in [0.5, 0.6) is 0 Å². The zero-order chi connectivity index (χ0) is 18.6. The Bertz CT molecular complexity index is 684. The van der Waals surface area contributed by atoms with E-state index in [1.807, 2.05) is 20.9 Å². The van der Waals surface area contributed by atoms with Gasteiger partial charge in [0, 0.05) is 26.2 Å². The molecule has 0 aliphatic carbocycles. The molecule has 1 aromatic rings. The molecule has 0 saturated carbocycles. The SMILES string of the molecule is CC(C)C[C@@H](NS(=O)(=O)c1ccc(F)cc1)C(=O)N1CCN(C)CC1. The summed E-state index contributed by atoms with van der Waals surface area (Å²) in [5, 5.41) is 0. The lowest BCUT2D eigenvalue weighted by atomic mass is 10.0. The average Bonchev–Trinajstić information content (AvgIpc) is 2.54. The highest BCUT2D eigenvalue weighted by Gasteiger charge is 2.31. The minimum Gasteiger partial charge on any atom is -0.339 e. The fourth-order valence-corrected chi connectivity index (χ4v) is 3.99. The molecule has 8 heteroatoms. The van der Waals surface area contributed by atoms with Gasteiger partial charge >= 0.3 is 0 Å². The van der Waals surface area contributed by atoms with E-state index < -0.39 is 21.9 Å². The van der Waals surface area contributed by atoms with Gasteiger partial charge < -0.3 is 9.80 Å². The topological polar surface area (TPSA) is 69.7 Å². The normalized spacial score (nSPS) is 17.7. The molecular formula is C17H26FN3O3S. The number of hydrogen-bond acceptors (Lipinski definition) is 4. The molecule has 1 atom stereocenters. The third-order valence-electron chi connectivity index (χ3n) is 4.24. The van der Waals surface area contributed by atoms with Gasteiger partial charge in [0.25, 0.3) is 0 Å². The second kappa shape index (κ2) is 8.25. The molecule has 1 fully saturated rings. The van der Waals surface area contributed by atoms with E-state index >= 15 is 0 Å². The quantitative estimate of drug-likeness (QED) is 0.818. The van der Waals surface area contributed by atoms with Crippen molar-refractivity contribution >= 4 is 15.9 Å². The van der Waals surface area contributed by atoms with Crippen LogP contribution in [0.3, 0.4) is 0 Å². The fourth-order valence-electron chi connectivity index (χ4n) is 2.79. The first kappa shape index (κ1) is 19.8. The Morgan fingerprint density at radius 1 is 1.16 bits per heavy atom. The summed E-state index contributed by atoms with van der Waals surface area (Å²) < 4.78 is 40.7. The molecule has 0 aromatic heterocycles. The summed E-state index contributed by atoms with van der Waals surface area (Å²) in [6, 6.07) is 3.76. The molecule has 0 bridgehead atoms. The Kier molecular flexibility index (Phi) is 6.53. The van der Waals surface area contributed by atoms with E-state index in [1.165, 1.54) is 12.1 Å². The lowest BCUT2D eigenvalue weighted by Gasteiger charge is -2.35. The monoisotopic (exact) mass is 371 g/mol. The van der Waals surface area contributed by atoms with Crippen LogP contribution in [0.15, 0.2) is 29.2 Å². The molecule has 1 N–H and O–H groups in total. The van der Waals surface area contributed by atoms with Crippen LogP contribution in [-0.2, 0) is 14.8 Å². The number of nitrogens with zero attached hydrogens (tertiary/aromatic N) is 2. The van der Waals surface area contributed by atoms with Gasteiger partial charge in [0.1, 0.15) is 11.9 Å². The Morgan fingerprint density at radius 3 is 2.24 bits per heavy atom. The minimum atomic E-state index is -3.89. The number of sulfonamides is 1. The van der Waals surface area contributed by atoms with Crippen LogP contribution >= 0.6 is 0 Å². The van der Waals surface area contributed by atoms with Crippen LogP contribution in [-0.4, -0.2) is 63.4 Å². The third-order valence-corrected chi connectivity index (χ3v) is 5.73. The smallest absolute Gasteiger partial charge is 0.241 e. The minimum absolute atomic E-state index is 0.0474. The summed E-state index contributed by atoms with van der Waals surface area (Å²) in [6.07, 6.45) is 0.408. The van der Waals surface area contributed by atoms with E-state index in [2.05, 4.69) is 9.62 Å². The van der Waals surface area contributed by atoms with E-state index in [9.17, 15) is 17.6 Å². The molecule has 1 aliphatic rings. The van der Waals surface area contributed by atoms with Gasteiger partial charge in [-0.15, -0.1) is 0 Å². The summed E-state index contributed by atoms with van der Waals surface area (Å²) in [5.41, 5.74) is 0. The van der Waals surface area contributed by atoms with Crippen molar-refractivity contribution in [2.45, 2.75) is 31.2 Å². The first-order valence-corrected chi connectivity index (χ1v) is 9.92. The number of likely N-dealkylation sites (N-methyl/N-ethyl adjacent to an activating group) is 1. The molecule has 25 heavy (non-hydrogen) atoms. The Balaban J connectivity index is 2.16. The largest absolute Gasteiger partial charge is 0.339 e. The molecule has 2 rings (SSSR count). The van der Waals surface area contributed by atoms with Gasteiger partial charge in [-0.1, -0.05) is 13.8 Å². The predicted octanol–water partition coefficient (Wildman–Crippen LogP) is 1.29. The number of halogens is 1. The Hall–Kier alpha value is -1.51. The number of hydrogen-bond donors (Lipinski definition) is 1. The first-order valence-electron chi connectivity index (χ1n) is 8.44. The van der Waals surface area contributed by atoms with Crippen molar-refractivity contribution in [3.63, 3.8) is 0 Å². The predicted molar refractivity (Wildman–Crippen MR) is 94.0 cm³/mol. The third kappa shape index (κ3) is 5.49. The van der Waals surface area contributed by atoms with Crippen LogP contribution in [0.1, 0.15) is 20.3 Å². The van der Waals surface area contributed by atoms with Gasteiger partial charge in [0.15, 0.2) is 0 Å². The highest BCUT2D eigenvalue weighted by atomic mass is 32.2. The van der Waals surface area contributed by atoms with Crippen LogP contribution < -0.4 is 4.72 Å². The van der Waals surface area contributed by atoms with Crippen molar-refractivity contribution in [1.82, 2.24) is 14.5 Å². The van der Waals surface area contributed by atoms with E-state index in [0.717, 1.165) is 25.2 Å². The number of benzene rings is 1. The van der Waals surface area contributed by atoms with E-state index in [4.69, 9.17) is 0 Å². The first-order chi connectivity index (χ1) is 11.7. The molecule has 0 unspecified atom stereocenters. The van der Waals surface area contributed by atoms with Gasteiger partial charge in [0.05, 0.1) is 4.90 Å². The summed E-state index contributed by atoms with van der Waals surface area (Å²) in [7, 11) is -1.90. The Labute approximate surface area is 149 Å². The van der Waals surface area contributed by atoms with Crippen molar-refractivity contribution in [3.05, 3.63) is 30.1 Å². The number of rotatable bonds is 6. The van der Waals surface area contributed by atoms with Crippen molar-refractivity contribution in [2.75, 3.05) is 33.2 Å². The van der Waals surface area contributed by atoms with Gasteiger partial charge in [0.2, 0.25) is 15.9 Å².